The molecule has 0 aliphatic heterocycles. The van der Waals surface area contributed by atoms with Crippen LogP contribution in [-0.4, -0.2) is 33.8 Å². The van der Waals surface area contributed by atoms with Gasteiger partial charge in [0.1, 0.15) is 0 Å². The lowest BCUT2D eigenvalue weighted by molar-refractivity contribution is -0.121. The summed E-state index contributed by atoms with van der Waals surface area (Å²) in [6.45, 7) is 0.639. The number of rotatable bonds is 6. The van der Waals surface area contributed by atoms with E-state index in [0.29, 0.717) is 37.0 Å². The van der Waals surface area contributed by atoms with Gasteiger partial charge in [-0.1, -0.05) is 11.6 Å². The molecule has 2 N–H and O–H groups in total. The highest BCUT2D eigenvalue weighted by Gasteiger charge is 2.20. The first kappa shape index (κ1) is 16.1. The van der Waals surface area contributed by atoms with Gasteiger partial charge in [-0.3, -0.25) is 4.79 Å². The summed E-state index contributed by atoms with van der Waals surface area (Å²) in [7, 11) is 0. The minimum atomic E-state index is -0.209. The van der Waals surface area contributed by atoms with Crippen LogP contribution >= 0.6 is 11.3 Å². The van der Waals surface area contributed by atoms with Crippen molar-refractivity contribution >= 4 is 17.2 Å². The van der Waals surface area contributed by atoms with Gasteiger partial charge >= 0.3 is 0 Å². The Balaban J connectivity index is 1.40. The number of aliphatic hydroxyl groups excluding tert-OH is 1. The maximum Gasteiger partial charge on any atom is 0.227 e. The van der Waals surface area contributed by atoms with Crippen molar-refractivity contribution in [1.29, 1.82) is 0 Å². The molecule has 2 aromatic heterocycles. The average molecular weight is 335 g/mol. The van der Waals surface area contributed by atoms with Gasteiger partial charge in [-0.15, -0.1) is 0 Å². The Bertz CT molecular complexity index is 626. The average Bonchev–Trinajstić information content (AvgIpc) is 3.22. The summed E-state index contributed by atoms with van der Waals surface area (Å²) in [5, 5.41) is 20.4. The van der Waals surface area contributed by atoms with Gasteiger partial charge in [0.25, 0.3) is 0 Å². The molecule has 2 aromatic rings. The fraction of sp³-hybridized carbons (Fsp3) is 0.562. The molecular formula is C16H21N3O3S. The number of aliphatic hydroxyl groups is 1. The summed E-state index contributed by atoms with van der Waals surface area (Å²) in [5.41, 5.74) is 0.935. The Labute approximate surface area is 138 Å². The number of hydrogen-bond donors (Lipinski definition) is 2. The van der Waals surface area contributed by atoms with E-state index < -0.39 is 0 Å². The molecule has 7 heteroatoms. The topological polar surface area (TPSA) is 88.2 Å². The van der Waals surface area contributed by atoms with Crippen LogP contribution in [-0.2, 0) is 11.2 Å². The molecule has 0 radical (unpaired) electrons. The van der Waals surface area contributed by atoms with E-state index in [1.807, 2.05) is 16.8 Å². The van der Waals surface area contributed by atoms with Crippen molar-refractivity contribution < 1.29 is 14.4 Å². The summed E-state index contributed by atoms with van der Waals surface area (Å²) < 4.78 is 5.18. The van der Waals surface area contributed by atoms with E-state index in [0.717, 1.165) is 31.2 Å². The van der Waals surface area contributed by atoms with Gasteiger partial charge in [0.15, 0.2) is 0 Å². The molecule has 2 unspecified atom stereocenters. The van der Waals surface area contributed by atoms with Crippen LogP contribution in [0.3, 0.4) is 0 Å². The summed E-state index contributed by atoms with van der Waals surface area (Å²) in [4.78, 5) is 16.2. The van der Waals surface area contributed by atoms with Crippen LogP contribution in [0.25, 0.3) is 11.4 Å². The molecule has 2 atom stereocenters. The molecule has 1 aliphatic rings. The predicted octanol–water partition coefficient (Wildman–Crippen LogP) is 2.40. The molecule has 1 aliphatic carbocycles. The Hall–Kier alpha value is -1.73. The van der Waals surface area contributed by atoms with Crippen LogP contribution in [0.5, 0.6) is 0 Å². The summed E-state index contributed by atoms with van der Waals surface area (Å²) >= 11 is 1.58. The number of amides is 1. The molecule has 0 saturated heterocycles. The molecule has 0 spiro atoms. The molecule has 124 valence electrons. The third-order valence-corrected chi connectivity index (χ3v) is 4.84. The van der Waals surface area contributed by atoms with Crippen molar-refractivity contribution in [3.8, 4) is 11.4 Å². The Morgan fingerprint density at radius 2 is 2.39 bits per heavy atom. The zero-order valence-electron chi connectivity index (χ0n) is 12.9. The van der Waals surface area contributed by atoms with Crippen molar-refractivity contribution in [2.24, 2.45) is 5.92 Å². The lowest BCUT2D eigenvalue weighted by Crippen LogP contribution is -2.33. The number of hydrogen-bond acceptors (Lipinski definition) is 6. The predicted molar refractivity (Wildman–Crippen MR) is 86.9 cm³/mol. The molecule has 0 bridgehead atoms. The van der Waals surface area contributed by atoms with E-state index in [1.54, 1.807) is 11.3 Å². The third kappa shape index (κ3) is 4.62. The van der Waals surface area contributed by atoms with Gasteiger partial charge in [-0.05, 0) is 36.6 Å². The Kier molecular flexibility index (Phi) is 5.40. The van der Waals surface area contributed by atoms with Crippen LogP contribution in [0, 0.1) is 5.92 Å². The van der Waals surface area contributed by atoms with Gasteiger partial charge in [0.2, 0.25) is 17.6 Å². The monoisotopic (exact) mass is 335 g/mol. The lowest BCUT2D eigenvalue weighted by Gasteiger charge is -2.25. The van der Waals surface area contributed by atoms with Gasteiger partial charge in [0.05, 0.1) is 6.10 Å². The lowest BCUT2D eigenvalue weighted by atomic mass is 9.87. The van der Waals surface area contributed by atoms with Crippen LogP contribution in [0.15, 0.2) is 21.3 Å². The summed E-state index contributed by atoms with van der Waals surface area (Å²) in [5.74, 6) is 1.42. The molecule has 1 amide bonds. The molecule has 23 heavy (non-hydrogen) atoms. The number of aromatic nitrogens is 2. The Morgan fingerprint density at radius 1 is 1.48 bits per heavy atom. The van der Waals surface area contributed by atoms with E-state index in [9.17, 15) is 9.90 Å². The standard InChI is InChI=1S/C16H21N3O3S/c20-13-3-1-2-11(8-13)9-17-14(21)4-5-15-18-16(19-22-15)12-6-7-23-10-12/h6-7,10-11,13,20H,1-5,8-9H2,(H,17,21). The smallest absolute Gasteiger partial charge is 0.227 e. The molecular weight excluding hydrogens is 314 g/mol. The molecule has 2 heterocycles. The van der Waals surface area contributed by atoms with Crippen molar-refractivity contribution in [3.05, 3.63) is 22.7 Å². The number of nitrogens with one attached hydrogen (secondary N) is 1. The maximum absolute atomic E-state index is 11.9. The van der Waals surface area contributed by atoms with E-state index >= 15 is 0 Å². The van der Waals surface area contributed by atoms with Crippen molar-refractivity contribution in [3.63, 3.8) is 0 Å². The zero-order valence-corrected chi connectivity index (χ0v) is 13.7. The van der Waals surface area contributed by atoms with Crippen LogP contribution in [0.4, 0.5) is 0 Å². The number of carbonyl (C=O) groups is 1. The van der Waals surface area contributed by atoms with Crippen LogP contribution in [0.2, 0.25) is 0 Å². The highest BCUT2D eigenvalue weighted by atomic mass is 32.1. The van der Waals surface area contributed by atoms with Gasteiger partial charge in [-0.2, -0.15) is 16.3 Å². The first-order valence-electron chi connectivity index (χ1n) is 8.00. The second-order valence-corrected chi connectivity index (χ2v) is 6.79. The fourth-order valence-electron chi connectivity index (χ4n) is 2.88. The first-order valence-corrected chi connectivity index (χ1v) is 8.95. The van der Waals surface area contributed by atoms with E-state index in [-0.39, 0.29) is 12.0 Å². The van der Waals surface area contributed by atoms with Gasteiger partial charge in [-0.25, -0.2) is 0 Å². The fourth-order valence-corrected chi connectivity index (χ4v) is 3.51. The summed E-state index contributed by atoms with van der Waals surface area (Å²) in [6.07, 6.45) is 4.35. The number of carbonyl (C=O) groups excluding carboxylic acids is 1. The molecule has 1 fully saturated rings. The second-order valence-electron chi connectivity index (χ2n) is 6.01. The number of aryl methyl sites for hydroxylation is 1. The maximum atomic E-state index is 11.9. The normalized spacial score (nSPS) is 21.3. The van der Waals surface area contributed by atoms with Crippen molar-refractivity contribution in [2.75, 3.05) is 6.54 Å². The van der Waals surface area contributed by atoms with Crippen LogP contribution in [0.1, 0.15) is 38.0 Å². The van der Waals surface area contributed by atoms with E-state index in [1.165, 1.54) is 0 Å². The van der Waals surface area contributed by atoms with Crippen molar-refractivity contribution in [1.82, 2.24) is 15.5 Å². The van der Waals surface area contributed by atoms with E-state index in [2.05, 4.69) is 15.5 Å². The highest BCUT2D eigenvalue weighted by Crippen LogP contribution is 2.23. The number of nitrogens with zero attached hydrogens (tertiary/aromatic N) is 2. The highest BCUT2D eigenvalue weighted by molar-refractivity contribution is 7.08. The largest absolute Gasteiger partial charge is 0.393 e. The van der Waals surface area contributed by atoms with Crippen molar-refractivity contribution in [2.45, 2.75) is 44.6 Å². The Morgan fingerprint density at radius 3 is 3.17 bits per heavy atom. The SMILES string of the molecule is O=C(CCc1nc(-c2ccsc2)no1)NCC1CCCC(O)C1. The molecule has 0 aromatic carbocycles. The van der Waals surface area contributed by atoms with Crippen LogP contribution < -0.4 is 5.32 Å². The molecule has 1 saturated carbocycles. The van der Waals surface area contributed by atoms with Gasteiger partial charge < -0.3 is 14.9 Å². The van der Waals surface area contributed by atoms with Gasteiger partial charge in [0, 0.05) is 30.3 Å². The number of thiophene rings is 1. The third-order valence-electron chi connectivity index (χ3n) is 4.16. The molecule has 3 rings (SSSR count). The first-order chi connectivity index (χ1) is 11.2. The quantitative estimate of drug-likeness (QED) is 0.846. The summed E-state index contributed by atoms with van der Waals surface area (Å²) in [6, 6.07) is 1.94. The minimum absolute atomic E-state index is 0.0136. The second kappa shape index (κ2) is 7.70. The zero-order chi connectivity index (χ0) is 16.1. The van der Waals surface area contributed by atoms with E-state index in [4.69, 9.17) is 4.52 Å². The minimum Gasteiger partial charge on any atom is -0.393 e. The molecule has 6 nitrogen and oxygen atoms in total.